The Hall–Kier alpha value is -1.20. The third kappa shape index (κ3) is 4.22. The van der Waals surface area contributed by atoms with E-state index in [1.807, 2.05) is 0 Å². The summed E-state index contributed by atoms with van der Waals surface area (Å²) in [5.74, 6) is -0.121. The molecular formula is C9H10ClN3OS. The Morgan fingerprint density at radius 3 is 2.80 bits per heavy atom. The van der Waals surface area contributed by atoms with Crippen molar-refractivity contribution >= 4 is 40.1 Å². The molecule has 0 aliphatic rings. The fourth-order valence-electron chi connectivity index (χ4n) is 0.892. The van der Waals surface area contributed by atoms with Crippen LogP contribution in [0.3, 0.4) is 0 Å². The third-order valence-corrected chi connectivity index (χ3v) is 2.55. The fraction of sp³-hybridized carbons (Fsp3) is 0.111. The van der Waals surface area contributed by atoms with Gasteiger partial charge in [-0.15, -0.1) is 0 Å². The molecule has 1 rings (SSSR count). The van der Waals surface area contributed by atoms with Crippen LogP contribution in [0, 0.1) is 5.41 Å². The number of benzene rings is 1. The highest BCUT2D eigenvalue weighted by atomic mass is 35.5. The number of para-hydroxylation sites is 1. The molecule has 0 aliphatic heterocycles. The van der Waals surface area contributed by atoms with Gasteiger partial charge >= 0.3 is 0 Å². The Morgan fingerprint density at radius 2 is 2.20 bits per heavy atom. The van der Waals surface area contributed by atoms with Gasteiger partial charge in [0.25, 0.3) is 0 Å². The van der Waals surface area contributed by atoms with E-state index < -0.39 is 0 Å². The topological polar surface area (TPSA) is 79.0 Å². The van der Waals surface area contributed by atoms with E-state index in [2.05, 4.69) is 5.32 Å². The number of hydrogen-bond acceptors (Lipinski definition) is 3. The molecule has 0 aliphatic carbocycles. The van der Waals surface area contributed by atoms with Crippen molar-refractivity contribution in [3.8, 4) is 0 Å². The Bertz CT molecular complexity index is 383. The SMILES string of the molecule is N=C(N)SCC(=O)Nc1ccccc1Cl. The van der Waals surface area contributed by atoms with Crippen molar-refractivity contribution in [1.82, 2.24) is 0 Å². The van der Waals surface area contributed by atoms with Crippen molar-refractivity contribution in [3.05, 3.63) is 29.3 Å². The Morgan fingerprint density at radius 1 is 1.53 bits per heavy atom. The lowest BCUT2D eigenvalue weighted by atomic mass is 10.3. The van der Waals surface area contributed by atoms with Crippen LogP contribution in [0.25, 0.3) is 0 Å². The van der Waals surface area contributed by atoms with E-state index in [1.54, 1.807) is 24.3 Å². The van der Waals surface area contributed by atoms with E-state index >= 15 is 0 Å². The molecule has 15 heavy (non-hydrogen) atoms. The summed E-state index contributed by atoms with van der Waals surface area (Å²) in [5, 5.41) is 9.97. The molecule has 4 N–H and O–H groups in total. The monoisotopic (exact) mass is 243 g/mol. The van der Waals surface area contributed by atoms with Crippen LogP contribution in [0.4, 0.5) is 5.69 Å². The van der Waals surface area contributed by atoms with Crippen molar-refractivity contribution in [2.45, 2.75) is 0 Å². The normalized spacial score (nSPS) is 9.67. The largest absolute Gasteiger partial charge is 0.379 e. The number of hydrogen-bond donors (Lipinski definition) is 3. The zero-order valence-electron chi connectivity index (χ0n) is 7.79. The molecule has 0 radical (unpaired) electrons. The van der Waals surface area contributed by atoms with Crippen LogP contribution in [0.1, 0.15) is 0 Å². The first kappa shape index (κ1) is 11.9. The predicted molar refractivity (Wildman–Crippen MR) is 64.5 cm³/mol. The molecule has 0 aromatic heterocycles. The van der Waals surface area contributed by atoms with Crippen molar-refractivity contribution < 1.29 is 4.79 Å². The highest BCUT2D eigenvalue weighted by Gasteiger charge is 2.05. The van der Waals surface area contributed by atoms with Gasteiger partial charge in [0, 0.05) is 0 Å². The van der Waals surface area contributed by atoms with Crippen LogP contribution in [0.2, 0.25) is 5.02 Å². The summed E-state index contributed by atoms with van der Waals surface area (Å²) >= 11 is 6.81. The van der Waals surface area contributed by atoms with Crippen molar-refractivity contribution in [2.24, 2.45) is 5.73 Å². The number of nitrogens with two attached hydrogens (primary N) is 1. The number of nitrogens with one attached hydrogen (secondary N) is 2. The average Bonchev–Trinajstić information content (AvgIpc) is 2.18. The van der Waals surface area contributed by atoms with Gasteiger partial charge in [-0.05, 0) is 12.1 Å². The van der Waals surface area contributed by atoms with E-state index in [4.69, 9.17) is 22.7 Å². The number of carbonyl (C=O) groups excluding carboxylic acids is 1. The van der Waals surface area contributed by atoms with Gasteiger partial charge < -0.3 is 11.1 Å². The second-order valence-corrected chi connectivity index (χ2v) is 4.11. The number of halogens is 1. The minimum absolute atomic E-state index is 0.0793. The molecule has 80 valence electrons. The van der Waals surface area contributed by atoms with E-state index in [0.29, 0.717) is 10.7 Å². The smallest absolute Gasteiger partial charge is 0.234 e. The molecule has 0 saturated carbocycles. The van der Waals surface area contributed by atoms with Gasteiger partial charge in [0.15, 0.2) is 5.17 Å². The minimum atomic E-state index is -0.233. The van der Waals surface area contributed by atoms with Crippen LogP contribution in [0.5, 0.6) is 0 Å². The quantitative estimate of drug-likeness (QED) is 0.560. The van der Waals surface area contributed by atoms with E-state index in [0.717, 1.165) is 11.8 Å². The second kappa shape index (κ2) is 5.63. The number of anilines is 1. The molecule has 0 unspecified atom stereocenters. The summed E-state index contributed by atoms with van der Waals surface area (Å²) < 4.78 is 0. The molecule has 0 fully saturated rings. The fourth-order valence-corrected chi connectivity index (χ4v) is 1.43. The maximum Gasteiger partial charge on any atom is 0.234 e. The number of amidine groups is 1. The predicted octanol–water partition coefficient (Wildman–Crippen LogP) is 1.91. The number of rotatable bonds is 3. The van der Waals surface area contributed by atoms with Gasteiger partial charge in [-0.25, -0.2) is 0 Å². The van der Waals surface area contributed by atoms with Crippen molar-refractivity contribution in [1.29, 1.82) is 5.41 Å². The number of amides is 1. The van der Waals surface area contributed by atoms with Gasteiger partial charge in [-0.2, -0.15) is 0 Å². The number of carbonyl (C=O) groups is 1. The molecule has 0 saturated heterocycles. The van der Waals surface area contributed by atoms with E-state index in [-0.39, 0.29) is 16.8 Å². The molecule has 0 heterocycles. The zero-order chi connectivity index (χ0) is 11.3. The van der Waals surface area contributed by atoms with Crippen LogP contribution < -0.4 is 11.1 Å². The van der Waals surface area contributed by atoms with Gasteiger partial charge in [0.2, 0.25) is 5.91 Å². The summed E-state index contributed by atoms with van der Waals surface area (Å²) in [5.41, 5.74) is 5.67. The van der Waals surface area contributed by atoms with E-state index in [9.17, 15) is 4.79 Å². The Labute approximate surface area is 96.7 Å². The highest BCUT2D eigenvalue weighted by molar-refractivity contribution is 8.14. The molecule has 1 aromatic rings. The van der Waals surface area contributed by atoms with Gasteiger partial charge in [0.05, 0.1) is 16.5 Å². The summed E-state index contributed by atoms with van der Waals surface area (Å²) in [7, 11) is 0. The third-order valence-electron chi connectivity index (χ3n) is 1.51. The van der Waals surface area contributed by atoms with Gasteiger partial charge in [0.1, 0.15) is 0 Å². The molecule has 0 atom stereocenters. The average molecular weight is 244 g/mol. The molecular weight excluding hydrogens is 234 g/mol. The standard InChI is InChI=1S/C9H10ClN3OS/c10-6-3-1-2-4-7(6)13-8(14)5-15-9(11)12/h1-4H,5H2,(H3,11,12)(H,13,14). The number of thioether (sulfide) groups is 1. The minimum Gasteiger partial charge on any atom is -0.379 e. The molecule has 6 heteroatoms. The van der Waals surface area contributed by atoms with Crippen LogP contribution >= 0.6 is 23.4 Å². The maximum atomic E-state index is 11.3. The van der Waals surface area contributed by atoms with Gasteiger partial charge in [-0.1, -0.05) is 35.5 Å². The van der Waals surface area contributed by atoms with Crippen LogP contribution in [0.15, 0.2) is 24.3 Å². The van der Waals surface area contributed by atoms with Crippen molar-refractivity contribution in [2.75, 3.05) is 11.1 Å². The van der Waals surface area contributed by atoms with Crippen molar-refractivity contribution in [3.63, 3.8) is 0 Å². The Kier molecular flexibility index (Phi) is 4.45. The first-order valence-corrected chi connectivity index (χ1v) is 5.47. The van der Waals surface area contributed by atoms with Crippen LogP contribution in [-0.2, 0) is 4.79 Å². The molecule has 1 aromatic carbocycles. The first-order valence-electron chi connectivity index (χ1n) is 4.11. The van der Waals surface area contributed by atoms with Gasteiger partial charge in [-0.3, -0.25) is 10.2 Å². The summed E-state index contributed by atoms with van der Waals surface area (Å²) in [6.45, 7) is 0. The van der Waals surface area contributed by atoms with E-state index in [1.165, 1.54) is 0 Å². The lowest BCUT2D eigenvalue weighted by Gasteiger charge is -2.05. The molecule has 4 nitrogen and oxygen atoms in total. The Balaban J connectivity index is 2.52. The maximum absolute atomic E-state index is 11.3. The molecule has 1 amide bonds. The highest BCUT2D eigenvalue weighted by Crippen LogP contribution is 2.20. The lowest BCUT2D eigenvalue weighted by molar-refractivity contribution is -0.113. The van der Waals surface area contributed by atoms with Crippen LogP contribution in [-0.4, -0.2) is 16.8 Å². The summed E-state index contributed by atoms with van der Waals surface area (Å²) in [4.78, 5) is 11.3. The summed E-state index contributed by atoms with van der Waals surface area (Å²) in [6.07, 6.45) is 0. The summed E-state index contributed by atoms with van der Waals surface area (Å²) in [6, 6.07) is 6.95. The molecule has 0 spiro atoms. The second-order valence-electron chi connectivity index (χ2n) is 2.68. The molecule has 0 bridgehead atoms. The zero-order valence-corrected chi connectivity index (χ0v) is 9.36. The lowest BCUT2D eigenvalue weighted by Crippen LogP contribution is -2.17. The first-order chi connectivity index (χ1) is 7.09.